The number of carbonyl (C=O) groups excluding carboxylic acids is 2. The van der Waals surface area contributed by atoms with Crippen LogP contribution >= 0.6 is 24.0 Å². The Kier molecular flexibility index (Phi) is 7.98. The van der Waals surface area contributed by atoms with Crippen molar-refractivity contribution < 1.29 is 14.3 Å². The third kappa shape index (κ3) is 5.52. The molecule has 2 atom stereocenters. The Morgan fingerprint density at radius 2 is 1.75 bits per heavy atom. The highest BCUT2D eigenvalue weighted by Crippen LogP contribution is 2.33. The van der Waals surface area contributed by atoms with Crippen LogP contribution in [0.25, 0.3) is 0 Å². The molecule has 3 rings (SSSR count). The SMILES string of the molecule is CC1(N)CCCCC1C(=O)N1CCN(C(=O)COc2ccc(Cl)cc2)CC1.Cl. The third-order valence-electron chi connectivity index (χ3n) is 5.67. The summed E-state index contributed by atoms with van der Waals surface area (Å²) in [7, 11) is 0. The van der Waals surface area contributed by atoms with Crippen molar-refractivity contribution in [2.24, 2.45) is 11.7 Å². The first-order chi connectivity index (χ1) is 12.9. The lowest BCUT2D eigenvalue weighted by molar-refractivity contribution is -0.145. The first-order valence-corrected chi connectivity index (χ1v) is 9.98. The molecule has 156 valence electrons. The van der Waals surface area contributed by atoms with Crippen LogP contribution in [0, 0.1) is 5.92 Å². The number of piperazine rings is 1. The second-order valence-corrected chi connectivity index (χ2v) is 8.19. The van der Waals surface area contributed by atoms with Crippen LogP contribution in [0.1, 0.15) is 32.6 Å². The molecular formula is C20H29Cl2N3O3. The summed E-state index contributed by atoms with van der Waals surface area (Å²) in [6, 6.07) is 6.92. The highest BCUT2D eigenvalue weighted by molar-refractivity contribution is 6.30. The molecule has 1 aliphatic heterocycles. The van der Waals surface area contributed by atoms with Crippen molar-refractivity contribution in [2.45, 2.75) is 38.1 Å². The Balaban J connectivity index is 0.00000280. The van der Waals surface area contributed by atoms with E-state index in [2.05, 4.69) is 0 Å². The first kappa shape index (κ1) is 22.8. The van der Waals surface area contributed by atoms with Gasteiger partial charge in [-0.1, -0.05) is 24.4 Å². The fourth-order valence-electron chi connectivity index (χ4n) is 3.93. The van der Waals surface area contributed by atoms with E-state index in [0.29, 0.717) is 37.0 Å². The Hall–Kier alpha value is -1.50. The minimum absolute atomic E-state index is 0. The summed E-state index contributed by atoms with van der Waals surface area (Å²) >= 11 is 5.84. The van der Waals surface area contributed by atoms with Crippen molar-refractivity contribution in [1.82, 2.24) is 9.80 Å². The molecule has 0 aromatic heterocycles. The number of carbonyl (C=O) groups is 2. The standard InChI is InChI=1S/C20H28ClN3O3.ClH/c1-20(22)9-3-2-4-17(20)19(26)24-12-10-23(11-13-24)18(25)14-27-16-7-5-15(21)6-8-16;/h5-8,17H,2-4,9-14,22H2,1H3;1H. The molecule has 0 bridgehead atoms. The van der Waals surface area contributed by atoms with Crippen molar-refractivity contribution in [1.29, 1.82) is 0 Å². The van der Waals surface area contributed by atoms with Gasteiger partial charge in [-0.05, 0) is 44.0 Å². The Morgan fingerprint density at radius 1 is 1.14 bits per heavy atom. The number of nitrogens with two attached hydrogens (primary N) is 1. The minimum Gasteiger partial charge on any atom is -0.484 e. The summed E-state index contributed by atoms with van der Waals surface area (Å²) in [6.07, 6.45) is 3.90. The second-order valence-electron chi connectivity index (χ2n) is 7.75. The van der Waals surface area contributed by atoms with Crippen LogP contribution < -0.4 is 10.5 Å². The molecule has 8 heteroatoms. The summed E-state index contributed by atoms with van der Waals surface area (Å²) in [5.41, 5.74) is 5.95. The van der Waals surface area contributed by atoms with E-state index < -0.39 is 5.54 Å². The van der Waals surface area contributed by atoms with Gasteiger partial charge in [0.25, 0.3) is 5.91 Å². The number of rotatable bonds is 4. The molecule has 0 spiro atoms. The molecule has 2 unspecified atom stereocenters. The van der Waals surface area contributed by atoms with Crippen molar-refractivity contribution in [3.05, 3.63) is 29.3 Å². The molecule has 1 heterocycles. The predicted octanol–water partition coefficient (Wildman–Crippen LogP) is 2.72. The van der Waals surface area contributed by atoms with Crippen LogP contribution in [0.2, 0.25) is 5.02 Å². The van der Waals surface area contributed by atoms with Crippen LogP contribution in [0.4, 0.5) is 0 Å². The van der Waals surface area contributed by atoms with Crippen molar-refractivity contribution in [3.8, 4) is 5.75 Å². The van der Waals surface area contributed by atoms with Gasteiger partial charge in [-0.15, -0.1) is 12.4 Å². The molecule has 28 heavy (non-hydrogen) atoms. The quantitative estimate of drug-likeness (QED) is 0.797. The minimum atomic E-state index is -0.422. The maximum Gasteiger partial charge on any atom is 0.260 e. The van der Waals surface area contributed by atoms with Gasteiger partial charge in [-0.3, -0.25) is 9.59 Å². The zero-order chi connectivity index (χ0) is 19.4. The molecule has 2 aliphatic rings. The van der Waals surface area contributed by atoms with Gasteiger partial charge in [-0.2, -0.15) is 0 Å². The Labute approximate surface area is 177 Å². The first-order valence-electron chi connectivity index (χ1n) is 9.60. The Bertz CT molecular complexity index is 674. The van der Waals surface area contributed by atoms with E-state index in [9.17, 15) is 9.59 Å². The van der Waals surface area contributed by atoms with Gasteiger partial charge in [0.2, 0.25) is 5.91 Å². The molecule has 6 nitrogen and oxygen atoms in total. The van der Waals surface area contributed by atoms with E-state index >= 15 is 0 Å². The van der Waals surface area contributed by atoms with E-state index in [1.165, 1.54) is 0 Å². The van der Waals surface area contributed by atoms with Gasteiger partial charge in [-0.25, -0.2) is 0 Å². The predicted molar refractivity (Wildman–Crippen MR) is 112 cm³/mol. The summed E-state index contributed by atoms with van der Waals surface area (Å²) in [4.78, 5) is 28.9. The summed E-state index contributed by atoms with van der Waals surface area (Å²) < 4.78 is 5.53. The van der Waals surface area contributed by atoms with E-state index in [1.807, 2.05) is 11.8 Å². The number of nitrogens with zero attached hydrogens (tertiary/aromatic N) is 2. The topological polar surface area (TPSA) is 75.9 Å². The molecule has 2 amide bonds. The zero-order valence-corrected chi connectivity index (χ0v) is 17.8. The number of hydrogen-bond donors (Lipinski definition) is 1. The Morgan fingerprint density at radius 3 is 2.36 bits per heavy atom. The normalized spacial score (nSPS) is 25.0. The van der Waals surface area contributed by atoms with Crippen molar-refractivity contribution in [2.75, 3.05) is 32.8 Å². The lowest BCUT2D eigenvalue weighted by Crippen LogP contribution is -2.58. The third-order valence-corrected chi connectivity index (χ3v) is 5.92. The molecule has 1 aliphatic carbocycles. The molecule has 2 fully saturated rings. The highest BCUT2D eigenvalue weighted by Gasteiger charge is 2.40. The molecule has 1 aromatic rings. The van der Waals surface area contributed by atoms with E-state index in [4.69, 9.17) is 22.1 Å². The monoisotopic (exact) mass is 429 g/mol. The average Bonchev–Trinajstić information content (AvgIpc) is 2.66. The van der Waals surface area contributed by atoms with Crippen LogP contribution in [0.3, 0.4) is 0 Å². The molecule has 2 N–H and O–H groups in total. The van der Waals surface area contributed by atoms with E-state index in [0.717, 1.165) is 25.7 Å². The number of halogens is 2. The van der Waals surface area contributed by atoms with Gasteiger partial charge >= 0.3 is 0 Å². The van der Waals surface area contributed by atoms with E-state index in [-0.39, 0.29) is 36.7 Å². The lowest BCUT2D eigenvalue weighted by atomic mass is 9.74. The summed E-state index contributed by atoms with van der Waals surface area (Å²) in [6.45, 7) is 4.14. The second kappa shape index (κ2) is 9.81. The maximum absolute atomic E-state index is 12.9. The van der Waals surface area contributed by atoms with E-state index in [1.54, 1.807) is 29.2 Å². The number of benzene rings is 1. The summed E-state index contributed by atoms with van der Waals surface area (Å²) in [5, 5.41) is 0.626. The highest BCUT2D eigenvalue weighted by atomic mass is 35.5. The van der Waals surface area contributed by atoms with Crippen LogP contribution in [0.5, 0.6) is 5.75 Å². The smallest absolute Gasteiger partial charge is 0.260 e. The molecular weight excluding hydrogens is 401 g/mol. The van der Waals surface area contributed by atoms with Gasteiger partial charge in [0.1, 0.15) is 5.75 Å². The molecule has 1 aromatic carbocycles. The molecule has 1 saturated heterocycles. The van der Waals surface area contributed by atoms with Crippen molar-refractivity contribution in [3.63, 3.8) is 0 Å². The van der Waals surface area contributed by atoms with Crippen LogP contribution in [-0.4, -0.2) is 59.9 Å². The fourth-order valence-corrected chi connectivity index (χ4v) is 4.05. The number of hydrogen-bond acceptors (Lipinski definition) is 4. The number of amides is 2. The fraction of sp³-hybridized carbons (Fsp3) is 0.600. The maximum atomic E-state index is 12.9. The van der Waals surface area contributed by atoms with Crippen molar-refractivity contribution >= 4 is 35.8 Å². The van der Waals surface area contributed by atoms with Crippen LogP contribution in [0.15, 0.2) is 24.3 Å². The van der Waals surface area contributed by atoms with Gasteiger partial charge in [0.15, 0.2) is 6.61 Å². The molecule has 0 radical (unpaired) electrons. The summed E-state index contributed by atoms with van der Waals surface area (Å²) in [5.74, 6) is 0.574. The van der Waals surface area contributed by atoms with Gasteiger partial charge < -0.3 is 20.3 Å². The van der Waals surface area contributed by atoms with Gasteiger partial charge in [0, 0.05) is 36.7 Å². The zero-order valence-electron chi connectivity index (χ0n) is 16.2. The average molecular weight is 430 g/mol. The van der Waals surface area contributed by atoms with Crippen LogP contribution in [-0.2, 0) is 9.59 Å². The lowest BCUT2D eigenvalue weighted by Gasteiger charge is -2.42. The molecule has 1 saturated carbocycles. The van der Waals surface area contributed by atoms with Gasteiger partial charge in [0.05, 0.1) is 5.92 Å². The largest absolute Gasteiger partial charge is 0.484 e. The number of ether oxygens (including phenoxy) is 1.